The molecule has 1 aliphatic heterocycles. The van der Waals surface area contributed by atoms with Crippen molar-refractivity contribution in [2.45, 2.75) is 13.0 Å². The van der Waals surface area contributed by atoms with E-state index in [1.165, 1.54) is 0 Å². The van der Waals surface area contributed by atoms with Gasteiger partial charge in [0.25, 0.3) is 0 Å². The van der Waals surface area contributed by atoms with E-state index in [2.05, 4.69) is 32.8 Å². The number of rotatable bonds is 5. The van der Waals surface area contributed by atoms with Gasteiger partial charge in [0, 0.05) is 42.8 Å². The summed E-state index contributed by atoms with van der Waals surface area (Å²) >= 11 is 3.42. The van der Waals surface area contributed by atoms with E-state index in [1.54, 1.807) is 6.92 Å². The van der Waals surface area contributed by atoms with Crippen LogP contribution in [0.15, 0.2) is 22.7 Å². The number of ether oxygens (including phenoxy) is 1. The zero-order valence-corrected chi connectivity index (χ0v) is 13.8. The Hall–Kier alpha value is -0.620. The quantitative estimate of drug-likeness (QED) is 0.889. The van der Waals surface area contributed by atoms with E-state index in [-0.39, 0.29) is 0 Å². The first-order valence-electron chi connectivity index (χ1n) is 7.07. The van der Waals surface area contributed by atoms with Crippen LogP contribution < -0.4 is 4.74 Å². The van der Waals surface area contributed by atoms with E-state index in [0.717, 1.165) is 48.5 Å². The molecule has 112 valence electrons. The molecule has 0 saturated carbocycles. The first kappa shape index (κ1) is 15.8. The average Bonchev–Trinajstić information content (AvgIpc) is 2.42. The highest BCUT2D eigenvalue weighted by Crippen LogP contribution is 2.28. The molecule has 1 atom stereocenters. The molecule has 1 N–H and O–H groups in total. The van der Waals surface area contributed by atoms with Crippen molar-refractivity contribution in [3.63, 3.8) is 0 Å². The van der Waals surface area contributed by atoms with Crippen LogP contribution in [0.25, 0.3) is 0 Å². The zero-order chi connectivity index (χ0) is 14.5. The number of benzene rings is 1. The van der Waals surface area contributed by atoms with Gasteiger partial charge < -0.3 is 14.7 Å². The summed E-state index contributed by atoms with van der Waals surface area (Å²) in [7, 11) is 2.16. The van der Waals surface area contributed by atoms with Gasteiger partial charge in [0.1, 0.15) is 12.4 Å². The highest BCUT2D eigenvalue weighted by atomic mass is 79.9. The van der Waals surface area contributed by atoms with Crippen molar-refractivity contribution in [1.82, 2.24) is 9.80 Å². The molecule has 0 aromatic heterocycles. The van der Waals surface area contributed by atoms with Crippen molar-refractivity contribution in [3.8, 4) is 5.75 Å². The molecule has 0 unspecified atom stereocenters. The topological polar surface area (TPSA) is 35.9 Å². The summed E-state index contributed by atoms with van der Waals surface area (Å²) < 4.78 is 6.81. The molecule has 0 bridgehead atoms. The van der Waals surface area contributed by atoms with E-state index >= 15 is 0 Å². The third kappa shape index (κ3) is 4.45. The van der Waals surface area contributed by atoms with Gasteiger partial charge in [0.2, 0.25) is 0 Å². The van der Waals surface area contributed by atoms with Gasteiger partial charge >= 0.3 is 0 Å². The smallest absolute Gasteiger partial charge is 0.125 e. The van der Waals surface area contributed by atoms with Gasteiger partial charge in [-0.15, -0.1) is 0 Å². The molecule has 2 rings (SSSR count). The summed E-state index contributed by atoms with van der Waals surface area (Å²) in [6.45, 7) is 7.80. The molecule has 20 heavy (non-hydrogen) atoms. The van der Waals surface area contributed by atoms with Crippen molar-refractivity contribution in [1.29, 1.82) is 0 Å². The predicted octanol–water partition coefficient (Wildman–Crippen LogP) is 2.13. The first-order valence-corrected chi connectivity index (χ1v) is 7.87. The Labute approximate surface area is 129 Å². The number of aliphatic hydroxyl groups is 1. The van der Waals surface area contributed by atoms with Crippen LogP contribution in [0.2, 0.25) is 0 Å². The second kappa shape index (κ2) is 7.41. The predicted molar refractivity (Wildman–Crippen MR) is 84.2 cm³/mol. The van der Waals surface area contributed by atoms with Gasteiger partial charge in [0.05, 0.1) is 6.10 Å². The van der Waals surface area contributed by atoms with Crippen LogP contribution in [-0.2, 0) is 0 Å². The molecule has 1 aliphatic rings. The molecule has 1 heterocycles. The summed E-state index contributed by atoms with van der Waals surface area (Å²) in [4.78, 5) is 4.76. The molecule has 0 amide bonds. The van der Waals surface area contributed by atoms with Crippen LogP contribution in [0.1, 0.15) is 18.6 Å². The molecule has 4 nitrogen and oxygen atoms in total. The van der Waals surface area contributed by atoms with Gasteiger partial charge in [-0.25, -0.2) is 0 Å². The van der Waals surface area contributed by atoms with Crippen LogP contribution in [0.4, 0.5) is 0 Å². The summed E-state index contributed by atoms with van der Waals surface area (Å²) in [6.07, 6.45) is -0.522. The van der Waals surface area contributed by atoms with Crippen molar-refractivity contribution >= 4 is 15.9 Å². The van der Waals surface area contributed by atoms with Gasteiger partial charge in [-0.3, -0.25) is 4.90 Å². The highest BCUT2D eigenvalue weighted by Gasteiger charge is 2.14. The number of nitrogens with zero attached hydrogens (tertiary/aromatic N) is 2. The Morgan fingerprint density at radius 2 is 2.00 bits per heavy atom. The lowest BCUT2D eigenvalue weighted by molar-refractivity contribution is 0.131. The Kier molecular flexibility index (Phi) is 5.84. The van der Waals surface area contributed by atoms with Crippen LogP contribution in [0.3, 0.4) is 0 Å². The van der Waals surface area contributed by atoms with Gasteiger partial charge in [-0.2, -0.15) is 0 Å². The summed E-state index contributed by atoms with van der Waals surface area (Å²) in [5.41, 5.74) is 0.831. The summed E-state index contributed by atoms with van der Waals surface area (Å²) in [5.74, 6) is 0.775. The molecule has 1 aromatic rings. The van der Waals surface area contributed by atoms with Gasteiger partial charge in [0.15, 0.2) is 0 Å². The normalized spacial score (nSPS) is 19.0. The highest BCUT2D eigenvalue weighted by molar-refractivity contribution is 9.10. The number of hydrogen-bond donors (Lipinski definition) is 1. The monoisotopic (exact) mass is 342 g/mol. The number of piperazine rings is 1. The van der Waals surface area contributed by atoms with Crippen LogP contribution >= 0.6 is 15.9 Å². The molecular weight excluding hydrogens is 320 g/mol. The molecule has 0 aliphatic carbocycles. The van der Waals surface area contributed by atoms with Crippen molar-refractivity contribution in [3.05, 3.63) is 28.2 Å². The lowest BCUT2D eigenvalue weighted by Crippen LogP contribution is -2.45. The van der Waals surface area contributed by atoms with Crippen molar-refractivity contribution < 1.29 is 9.84 Å². The second-order valence-electron chi connectivity index (χ2n) is 5.35. The van der Waals surface area contributed by atoms with E-state index in [9.17, 15) is 5.11 Å². The van der Waals surface area contributed by atoms with Crippen LogP contribution in [-0.4, -0.2) is 61.3 Å². The fourth-order valence-electron chi connectivity index (χ4n) is 2.33. The minimum Gasteiger partial charge on any atom is -0.492 e. The van der Waals surface area contributed by atoms with Gasteiger partial charge in [-0.05, 0) is 32.2 Å². The molecule has 1 saturated heterocycles. The largest absolute Gasteiger partial charge is 0.492 e. The molecule has 0 radical (unpaired) electrons. The molecule has 1 fully saturated rings. The first-order chi connectivity index (χ1) is 9.56. The molecule has 1 aromatic carbocycles. The van der Waals surface area contributed by atoms with Crippen molar-refractivity contribution in [2.24, 2.45) is 0 Å². The fourth-order valence-corrected chi connectivity index (χ4v) is 2.71. The lowest BCUT2D eigenvalue weighted by atomic mass is 10.1. The number of likely N-dealkylation sites (N-methyl/N-ethyl adjacent to an activating group) is 1. The third-order valence-electron chi connectivity index (χ3n) is 3.68. The minimum absolute atomic E-state index is 0.522. The third-order valence-corrected chi connectivity index (χ3v) is 4.18. The lowest BCUT2D eigenvalue weighted by Gasteiger charge is -2.32. The van der Waals surface area contributed by atoms with E-state index in [4.69, 9.17) is 4.74 Å². The van der Waals surface area contributed by atoms with E-state index in [1.807, 2.05) is 18.2 Å². The Morgan fingerprint density at radius 1 is 1.30 bits per heavy atom. The number of halogens is 1. The Bertz CT molecular complexity index is 432. The SMILES string of the molecule is C[C@@H](O)c1cc(Br)ccc1OCCN1CCN(C)CC1. The summed E-state index contributed by atoms with van der Waals surface area (Å²) in [5, 5.41) is 9.79. The standard InChI is InChI=1S/C15H23BrN2O2/c1-12(19)14-11-13(16)3-4-15(14)20-10-9-18-7-5-17(2)6-8-18/h3-4,11-12,19H,5-10H2,1-2H3/t12-/m1/s1. The molecule has 0 spiro atoms. The minimum atomic E-state index is -0.522. The average molecular weight is 343 g/mol. The molecular formula is C15H23BrN2O2. The Balaban J connectivity index is 1.85. The second-order valence-corrected chi connectivity index (χ2v) is 6.27. The number of hydrogen-bond acceptors (Lipinski definition) is 4. The maximum Gasteiger partial charge on any atom is 0.125 e. The maximum absolute atomic E-state index is 9.79. The van der Waals surface area contributed by atoms with E-state index < -0.39 is 6.10 Å². The Morgan fingerprint density at radius 3 is 2.65 bits per heavy atom. The van der Waals surface area contributed by atoms with Crippen LogP contribution in [0.5, 0.6) is 5.75 Å². The maximum atomic E-state index is 9.79. The van der Waals surface area contributed by atoms with Gasteiger partial charge in [-0.1, -0.05) is 15.9 Å². The van der Waals surface area contributed by atoms with E-state index in [0.29, 0.717) is 6.61 Å². The van der Waals surface area contributed by atoms with Crippen LogP contribution in [0, 0.1) is 0 Å². The molecule has 5 heteroatoms. The summed E-state index contributed by atoms with van der Waals surface area (Å²) in [6, 6.07) is 5.77. The van der Waals surface area contributed by atoms with Crippen molar-refractivity contribution in [2.75, 3.05) is 46.4 Å². The zero-order valence-electron chi connectivity index (χ0n) is 12.2. The number of aliphatic hydroxyl groups excluding tert-OH is 1. The fraction of sp³-hybridized carbons (Fsp3) is 0.600.